The molecule has 6 heteroatoms. The van der Waals surface area contributed by atoms with Crippen molar-refractivity contribution in [1.29, 1.82) is 0 Å². The molecule has 0 aromatic heterocycles. The molecule has 6 nitrogen and oxygen atoms in total. The molecular formula is C16H29NO5. The first-order chi connectivity index (χ1) is 10.2. The molecule has 1 amide bonds. The molecule has 0 saturated heterocycles. The van der Waals surface area contributed by atoms with Crippen molar-refractivity contribution in [3.8, 4) is 0 Å². The molecule has 0 saturated carbocycles. The summed E-state index contributed by atoms with van der Waals surface area (Å²) in [4.78, 5) is 23.8. The molecule has 22 heavy (non-hydrogen) atoms. The van der Waals surface area contributed by atoms with Crippen molar-refractivity contribution < 1.29 is 23.8 Å². The Morgan fingerprint density at radius 1 is 1.27 bits per heavy atom. The molecule has 0 radical (unpaired) electrons. The molecule has 1 N–H and O–H groups in total. The van der Waals surface area contributed by atoms with Gasteiger partial charge in [-0.2, -0.15) is 0 Å². The first-order valence-electron chi connectivity index (χ1n) is 7.54. The van der Waals surface area contributed by atoms with Crippen molar-refractivity contribution in [2.24, 2.45) is 0 Å². The normalized spacial score (nSPS) is 12.6. The summed E-state index contributed by atoms with van der Waals surface area (Å²) in [5, 5.41) is 2.56. The van der Waals surface area contributed by atoms with E-state index in [1.807, 2.05) is 0 Å². The molecule has 0 aliphatic heterocycles. The molecule has 1 atom stereocenters. The zero-order valence-corrected chi connectivity index (χ0v) is 14.3. The van der Waals surface area contributed by atoms with Crippen LogP contribution in [-0.4, -0.2) is 43.0 Å². The van der Waals surface area contributed by atoms with Crippen LogP contribution in [0.3, 0.4) is 0 Å². The van der Waals surface area contributed by atoms with Gasteiger partial charge in [-0.1, -0.05) is 6.08 Å². The average Bonchev–Trinajstić information content (AvgIpc) is 2.34. The third-order valence-corrected chi connectivity index (χ3v) is 2.34. The van der Waals surface area contributed by atoms with Gasteiger partial charge in [-0.15, -0.1) is 6.58 Å². The van der Waals surface area contributed by atoms with E-state index in [1.54, 1.807) is 40.7 Å². The van der Waals surface area contributed by atoms with E-state index in [2.05, 4.69) is 11.9 Å². The van der Waals surface area contributed by atoms with Crippen LogP contribution in [0.15, 0.2) is 12.7 Å². The van der Waals surface area contributed by atoms with Crippen LogP contribution in [-0.2, 0) is 19.0 Å². The summed E-state index contributed by atoms with van der Waals surface area (Å²) in [6.45, 7) is 13.3. The number of hydrogen-bond acceptors (Lipinski definition) is 5. The monoisotopic (exact) mass is 315 g/mol. The van der Waals surface area contributed by atoms with Gasteiger partial charge in [0.05, 0.1) is 12.7 Å². The van der Waals surface area contributed by atoms with E-state index in [-0.39, 0.29) is 6.10 Å². The van der Waals surface area contributed by atoms with Gasteiger partial charge in [0, 0.05) is 6.61 Å². The molecular weight excluding hydrogens is 286 g/mol. The topological polar surface area (TPSA) is 73.9 Å². The SMILES string of the molecule is C=CCOCCC[C@H](NC(=O)OC(C)(C)C)C(=O)OC(C)C. The van der Waals surface area contributed by atoms with Gasteiger partial charge in [0.25, 0.3) is 0 Å². The molecule has 0 aliphatic rings. The number of carbonyl (C=O) groups excluding carboxylic acids is 2. The Morgan fingerprint density at radius 2 is 1.91 bits per heavy atom. The van der Waals surface area contributed by atoms with E-state index in [1.165, 1.54) is 0 Å². The van der Waals surface area contributed by atoms with Crippen LogP contribution in [0.25, 0.3) is 0 Å². The van der Waals surface area contributed by atoms with Gasteiger partial charge < -0.3 is 19.5 Å². The van der Waals surface area contributed by atoms with Crippen molar-refractivity contribution in [2.45, 2.75) is 65.2 Å². The largest absolute Gasteiger partial charge is 0.461 e. The van der Waals surface area contributed by atoms with Crippen molar-refractivity contribution in [3.05, 3.63) is 12.7 Å². The van der Waals surface area contributed by atoms with Gasteiger partial charge >= 0.3 is 12.1 Å². The summed E-state index contributed by atoms with van der Waals surface area (Å²) in [7, 11) is 0. The van der Waals surface area contributed by atoms with Crippen molar-refractivity contribution in [1.82, 2.24) is 5.32 Å². The van der Waals surface area contributed by atoms with E-state index in [4.69, 9.17) is 14.2 Å². The molecule has 0 spiro atoms. The lowest BCUT2D eigenvalue weighted by Crippen LogP contribution is -2.44. The highest BCUT2D eigenvalue weighted by molar-refractivity contribution is 5.81. The van der Waals surface area contributed by atoms with Gasteiger partial charge in [-0.25, -0.2) is 9.59 Å². The fourth-order valence-electron chi connectivity index (χ4n) is 1.57. The minimum absolute atomic E-state index is 0.243. The fourth-order valence-corrected chi connectivity index (χ4v) is 1.57. The van der Waals surface area contributed by atoms with Crippen molar-refractivity contribution in [3.63, 3.8) is 0 Å². The fraction of sp³-hybridized carbons (Fsp3) is 0.750. The Balaban J connectivity index is 4.48. The van der Waals surface area contributed by atoms with Gasteiger partial charge in [0.15, 0.2) is 0 Å². The quantitative estimate of drug-likeness (QED) is 0.402. The Bertz CT molecular complexity index is 360. The summed E-state index contributed by atoms with van der Waals surface area (Å²) in [5.74, 6) is -0.468. The maximum atomic E-state index is 12.0. The second-order valence-electron chi connectivity index (χ2n) is 6.19. The Morgan fingerprint density at radius 3 is 2.41 bits per heavy atom. The molecule has 0 aliphatic carbocycles. The van der Waals surface area contributed by atoms with E-state index in [0.29, 0.717) is 26.1 Å². The summed E-state index contributed by atoms with van der Waals surface area (Å²) >= 11 is 0. The standard InChI is InChI=1S/C16H29NO5/c1-7-10-20-11-8-9-13(14(18)21-12(2)3)17-15(19)22-16(4,5)6/h7,12-13H,1,8-11H2,2-6H3,(H,17,19)/t13-/m0/s1. The predicted octanol–water partition coefficient (Wildman–Crippen LogP) is 2.81. The number of nitrogens with one attached hydrogen (secondary N) is 1. The van der Waals surface area contributed by atoms with E-state index in [9.17, 15) is 9.59 Å². The Hall–Kier alpha value is -1.56. The number of carbonyl (C=O) groups is 2. The van der Waals surface area contributed by atoms with Gasteiger partial charge in [0.1, 0.15) is 11.6 Å². The van der Waals surface area contributed by atoms with Gasteiger partial charge in [-0.3, -0.25) is 0 Å². The smallest absolute Gasteiger partial charge is 0.408 e. The molecule has 0 bridgehead atoms. The van der Waals surface area contributed by atoms with Crippen LogP contribution in [0, 0.1) is 0 Å². The van der Waals surface area contributed by atoms with Crippen molar-refractivity contribution in [2.75, 3.05) is 13.2 Å². The highest BCUT2D eigenvalue weighted by Crippen LogP contribution is 2.09. The maximum Gasteiger partial charge on any atom is 0.408 e. The van der Waals surface area contributed by atoms with Crippen molar-refractivity contribution >= 4 is 12.1 Å². The average molecular weight is 315 g/mol. The lowest BCUT2D eigenvalue weighted by Gasteiger charge is -2.23. The summed E-state index contributed by atoms with van der Waals surface area (Å²) < 4.78 is 15.6. The minimum Gasteiger partial charge on any atom is -0.461 e. The number of esters is 1. The number of ether oxygens (including phenoxy) is 3. The predicted molar refractivity (Wildman–Crippen MR) is 84.6 cm³/mol. The molecule has 0 fully saturated rings. The lowest BCUT2D eigenvalue weighted by molar-refractivity contribution is -0.150. The lowest BCUT2D eigenvalue weighted by atomic mass is 10.1. The minimum atomic E-state index is -0.746. The summed E-state index contributed by atoms with van der Waals surface area (Å²) in [5.41, 5.74) is -0.621. The van der Waals surface area contributed by atoms with Crippen LogP contribution in [0.1, 0.15) is 47.5 Å². The highest BCUT2D eigenvalue weighted by Gasteiger charge is 2.25. The second kappa shape index (κ2) is 10.2. The first kappa shape index (κ1) is 20.4. The van der Waals surface area contributed by atoms with Gasteiger partial charge in [-0.05, 0) is 47.5 Å². The van der Waals surface area contributed by atoms with E-state index < -0.39 is 23.7 Å². The highest BCUT2D eigenvalue weighted by atomic mass is 16.6. The first-order valence-corrected chi connectivity index (χ1v) is 7.54. The third kappa shape index (κ3) is 11.1. The Labute approximate surface area is 133 Å². The van der Waals surface area contributed by atoms with E-state index >= 15 is 0 Å². The number of rotatable bonds is 9. The summed E-state index contributed by atoms with van der Waals surface area (Å²) in [6.07, 6.45) is 1.81. The molecule has 0 rings (SSSR count). The van der Waals surface area contributed by atoms with Crippen LogP contribution in [0.4, 0.5) is 4.79 Å². The summed E-state index contributed by atoms with van der Waals surface area (Å²) in [6, 6.07) is -0.746. The Kier molecular flexibility index (Phi) is 9.49. The van der Waals surface area contributed by atoms with Crippen LogP contribution in [0.5, 0.6) is 0 Å². The van der Waals surface area contributed by atoms with Crippen LogP contribution in [0.2, 0.25) is 0 Å². The molecule has 128 valence electrons. The zero-order valence-electron chi connectivity index (χ0n) is 14.3. The molecule has 0 aromatic carbocycles. The van der Waals surface area contributed by atoms with Crippen LogP contribution < -0.4 is 5.32 Å². The number of alkyl carbamates (subject to hydrolysis) is 1. The van der Waals surface area contributed by atoms with Gasteiger partial charge in [0.2, 0.25) is 0 Å². The molecule has 0 unspecified atom stereocenters. The maximum absolute atomic E-state index is 12.0. The van der Waals surface area contributed by atoms with E-state index in [0.717, 1.165) is 0 Å². The number of hydrogen-bond donors (Lipinski definition) is 1. The third-order valence-electron chi connectivity index (χ3n) is 2.34. The van der Waals surface area contributed by atoms with Crippen LogP contribution >= 0.6 is 0 Å². The zero-order chi connectivity index (χ0) is 17.2. The molecule has 0 aromatic rings. The second-order valence-corrected chi connectivity index (χ2v) is 6.19. The number of amides is 1. The molecule has 0 heterocycles.